The Kier molecular flexibility index (Phi) is 6.02. The third-order valence-corrected chi connectivity index (χ3v) is 5.98. The summed E-state index contributed by atoms with van der Waals surface area (Å²) in [5.74, 6) is 1.35. The van der Waals surface area contributed by atoms with Crippen molar-refractivity contribution < 1.29 is 19.4 Å². The fourth-order valence-corrected chi connectivity index (χ4v) is 3.91. The van der Waals surface area contributed by atoms with Crippen molar-refractivity contribution in [2.45, 2.75) is 31.1 Å². The largest absolute Gasteiger partial charge is 0.497 e. The first-order valence-electron chi connectivity index (χ1n) is 9.97. The Bertz CT molecular complexity index is 1140. The van der Waals surface area contributed by atoms with Gasteiger partial charge in [0.1, 0.15) is 28.5 Å². The molecule has 0 saturated heterocycles. The molecule has 168 valence electrons. The summed E-state index contributed by atoms with van der Waals surface area (Å²) in [6.45, 7) is 3.81. The lowest BCUT2D eigenvalue weighted by Crippen LogP contribution is -2.41. The zero-order valence-electron chi connectivity index (χ0n) is 18.2. The maximum atomic E-state index is 12.5. The number of aliphatic hydroxyl groups excluding tert-OH is 1. The Morgan fingerprint density at radius 2 is 2.03 bits per heavy atom. The smallest absolute Gasteiger partial charge is 0.230 e. The minimum atomic E-state index is -1.31. The number of aromatic nitrogens is 5. The predicted molar refractivity (Wildman–Crippen MR) is 119 cm³/mol. The molecular weight excluding hydrogens is 432 g/mol. The first-order valence-corrected chi connectivity index (χ1v) is 11.2. The van der Waals surface area contributed by atoms with Gasteiger partial charge in [-0.1, -0.05) is 23.9 Å². The van der Waals surface area contributed by atoms with E-state index in [-0.39, 0.29) is 18.3 Å². The highest BCUT2D eigenvalue weighted by atomic mass is 32.2. The van der Waals surface area contributed by atoms with Crippen LogP contribution in [0.4, 0.5) is 5.82 Å². The normalized spacial score (nSPS) is 16.7. The van der Waals surface area contributed by atoms with E-state index in [4.69, 9.17) is 14.5 Å². The first kappa shape index (κ1) is 22.0. The van der Waals surface area contributed by atoms with Gasteiger partial charge in [-0.15, -0.1) is 0 Å². The van der Waals surface area contributed by atoms with Crippen LogP contribution in [-0.4, -0.2) is 62.8 Å². The van der Waals surface area contributed by atoms with Gasteiger partial charge in [-0.3, -0.25) is 4.79 Å². The molecule has 0 radical (unpaired) electrons. The summed E-state index contributed by atoms with van der Waals surface area (Å²) in [5.41, 5.74) is 1.07. The van der Waals surface area contributed by atoms with E-state index >= 15 is 0 Å². The molecular formula is C21H24N6O4S. The van der Waals surface area contributed by atoms with Crippen LogP contribution in [0.1, 0.15) is 25.1 Å². The number of rotatable bonds is 8. The van der Waals surface area contributed by atoms with Crippen molar-refractivity contribution in [3.8, 4) is 22.9 Å². The molecule has 2 aromatic heterocycles. The average Bonchev–Trinajstić information content (AvgIpc) is 3.29. The molecule has 4 rings (SSSR count). The topological polar surface area (TPSA) is 126 Å². The number of benzene rings is 1. The Labute approximate surface area is 189 Å². The zero-order valence-corrected chi connectivity index (χ0v) is 19.1. The maximum absolute atomic E-state index is 12.5. The zero-order chi connectivity index (χ0) is 22.9. The lowest BCUT2D eigenvalue weighted by atomic mass is 9.91. The number of carbonyl (C=O) groups excluding carboxylic acids is 1. The summed E-state index contributed by atoms with van der Waals surface area (Å²) in [6, 6.07) is 7.67. The quantitative estimate of drug-likeness (QED) is 0.385. The van der Waals surface area contributed by atoms with Crippen LogP contribution in [0.25, 0.3) is 11.3 Å². The third-order valence-electron chi connectivity index (χ3n) is 5.43. The van der Waals surface area contributed by atoms with Gasteiger partial charge in [-0.05, 0) is 37.8 Å². The lowest BCUT2D eigenvalue weighted by molar-refractivity contribution is -0.132. The minimum absolute atomic E-state index is 0.0821. The molecule has 11 heteroatoms. The second-order valence-electron chi connectivity index (χ2n) is 7.42. The van der Waals surface area contributed by atoms with Gasteiger partial charge in [-0.2, -0.15) is 20.4 Å². The number of thioether (sulfide) groups is 1. The summed E-state index contributed by atoms with van der Waals surface area (Å²) in [4.78, 5) is 23.6. The number of methoxy groups -OCH3 is 1. The number of hydrogen-bond donors (Lipinski definition) is 2. The molecule has 3 aromatic rings. The average molecular weight is 457 g/mol. The van der Waals surface area contributed by atoms with Gasteiger partial charge >= 0.3 is 0 Å². The molecule has 1 unspecified atom stereocenters. The molecule has 10 nitrogen and oxygen atoms in total. The van der Waals surface area contributed by atoms with Gasteiger partial charge in [0.15, 0.2) is 10.9 Å². The van der Waals surface area contributed by atoms with Crippen molar-refractivity contribution in [2.24, 2.45) is 0 Å². The fraction of sp³-hybridized carbons (Fsp3) is 0.381. The fourth-order valence-electron chi connectivity index (χ4n) is 3.56. The highest BCUT2D eigenvalue weighted by Crippen LogP contribution is 2.47. The number of nitrogens with one attached hydrogen (secondary N) is 1. The number of aromatic amines is 1. The molecule has 0 bridgehead atoms. The van der Waals surface area contributed by atoms with Crippen molar-refractivity contribution in [3.63, 3.8) is 0 Å². The van der Waals surface area contributed by atoms with Gasteiger partial charge in [0.05, 0.1) is 13.7 Å². The highest BCUT2D eigenvalue weighted by molar-refractivity contribution is 7.98. The van der Waals surface area contributed by atoms with Gasteiger partial charge in [0.2, 0.25) is 11.5 Å². The lowest BCUT2D eigenvalue weighted by Gasteiger charge is -2.33. The van der Waals surface area contributed by atoms with Crippen molar-refractivity contribution in [3.05, 3.63) is 35.5 Å². The van der Waals surface area contributed by atoms with E-state index in [1.54, 1.807) is 14.0 Å². The number of carbonyl (C=O) groups is 1. The Morgan fingerprint density at radius 3 is 2.66 bits per heavy atom. The number of aliphatic hydroxyl groups is 1. The molecule has 0 aliphatic carbocycles. The van der Waals surface area contributed by atoms with Crippen LogP contribution in [0.3, 0.4) is 0 Å². The van der Waals surface area contributed by atoms with E-state index in [2.05, 4.69) is 20.4 Å². The number of nitrogens with zero attached hydrogens (tertiary/aromatic N) is 5. The summed E-state index contributed by atoms with van der Waals surface area (Å²) < 4.78 is 11.4. The van der Waals surface area contributed by atoms with E-state index in [1.807, 2.05) is 35.4 Å². The Hall–Kier alpha value is -3.18. The highest BCUT2D eigenvalue weighted by Gasteiger charge is 2.46. The van der Waals surface area contributed by atoms with E-state index in [0.717, 1.165) is 11.3 Å². The molecule has 1 aliphatic heterocycles. The Morgan fingerprint density at radius 1 is 1.28 bits per heavy atom. The van der Waals surface area contributed by atoms with Crippen LogP contribution in [0.15, 0.2) is 29.4 Å². The van der Waals surface area contributed by atoms with Crippen molar-refractivity contribution in [1.82, 2.24) is 25.4 Å². The molecule has 32 heavy (non-hydrogen) atoms. The van der Waals surface area contributed by atoms with Crippen molar-refractivity contribution in [2.75, 3.05) is 31.4 Å². The molecule has 0 amide bonds. The number of fused-ring (bicyclic) bond motifs is 3. The van der Waals surface area contributed by atoms with E-state index < -0.39 is 5.60 Å². The summed E-state index contributed by atoms with van der Waals surface area (Å²) in [7, 11) is 1.62. The summed E-state index contributed by atoms with van der Waals surface area (Å²) in [5, 5.41) is 21.4. The van der Waals surface area contributed by atoms with Gasteiger partial charge in [-0.25, -0.2) is 4.98 Å². The van der Waals surface area contributed by atoms with Crippen LogP contribution in [0.2, 0.25) is 0 Å². The molecule has 1 aliphatic rings. The van der Waals surface area contributed by atoms with Crippen LogP contribution in [0.5, 0.6) is 11.6 Å². The molecule has 1 atom stereocenters. The van der Waals surface area contributed by atoms with E-state index in [1.165, 1.54) is 18.7 Å². The van der Waals surface area contributed by atoms with Gasteiger partial charge < -0.3 is 19.5 Å². The second-order valence-corrected chi connectivity index (χ2v) is 8.19. The molecule has 1 aromatic carbocycles. The monoisotopic (exact) mass is 456 g/mol. The molecule has 0 fully saturated rings. The molecule has 0 saturated carbocycles. The van der Waals surface area contributed by atoms with E-state index in [9.17, 15) is 9.90 Å². The molecule has 0 spiro atoms. The van der Waals surface area contributed by atoms with Crippen LogP contribution in [-0.2, 0) is 16.9 Å². The van der Waals surface area contributed by atoms with Gasteiger partial charge in [0, 0.05) is 13.1 Å². The first-order chi connectivity index (χ1) is 15.4. The van der Waals surface area contributed by atoms with Crippen molar-refractivity contribution in [1.29, 1.82) is 0 Å². The van der Waals surface area contributed by atoms with E-state index in [0.29, 0.717) is 41.0 Å². The minimum Gasteiger partial charge on any atom is -0.497 e. The Balaban J connectivity index is 1.84. The maximum Gasteiger partial charge on any atom is 0.230 e. The SMILES string of the molecule is COc1ccc(CN(CCO)c2nc(SC)nc3c2-c2n[nH]nc2C(C)(C(C)=O)O3)cc1. The second kappa shape index (κ2) is 8.75. The summed E-state index contributed by atoms with van der Waals surface area (Å²) in [6.07, 6.45) is 1.86. The standard InChI is InChI=1S/C21H24N6O4S/c1-12(29)21(2)17-16(24-26-25-17)15-18(22-20(32-4)23-19(15)31-21)27(9-10-28)11-13-5-7-14(30-3)8-6-13/h5-8,28H,9-11H2,1-4H3,(H,24,25,26). The third kappa shape index (κ3) is 3.78. The number of hydrogen-bond acceptors (Lipinski definition) is 10. The number of anilines is 1. The van der Waals surface area contributed by atoms with Gasteiger partial charge in [0.25, 0.3) is 0 Å². The number of H-pyrrole nitrogens is 1. The van der Waals surface area contributed by atoms with Crippen LogP contribution < -0.4 is 14.4 Å². The molecule has 3 heterocycles. The number of ether oxygens (including phenoxy) is 2. The number of ketones is 1. The van der Waals surface area contributed by atoms with Crippen LogP contribution >= 0.6 is 11.8 Å². The molecule has 2 N–H and O–H groups in total. The predicted octanol–water partition coefficient (Wildman–Crippen LogP) is 2.19. The van der Waals surface area contributed by atoms with Crippen molar-refractivity contribution >= 4 is 23.4 Å². The van der Waals surface area contributed by atoms with Crippen LogP contribution in [0, 0.1) is 0 Å². The number of Topliss-reactive ketones (excluding diaryl/α,β-unsaturated/α-hetero) is 1. The summed E-state index contributed by atoms with van der Waals surface area (Å²) >= 11 is 1.36.